The molecule has 0 saturated carbocycles. The van der Waals surface area contributed by atoms with E-state index >= 15 is 0 Å². The first-order chi connectivity index (χ1) is 26.5. The van der Waals surface area contributed by atoms with Crippen LogP contribution in [-0.2, 0) is 5.41 Å². The van der Waals surface area contributed by atoms with Crippen LogP contribution in [0.5, 0.6) is 0 Å². The minimum atomic E-state index is -0.125. The maximum atomic E-state index is 2.59. The van der Waals surface area contributed by atoms with Gasteiger partial charge in [0, 0.05) is 0 Å². The molecule has 0 bridgehead atoms. The lowest BCUT2D eigenvalue weighted by Crippen LogP contribution is -2.13. The minimum Gasteiger partial charge on any atom is -0.0622 e. The Bertz CT molecular complexity index is 2960. The van der Waals surface area contributed by atoms with Crippen molar-refractivity contribution in [2.45, 2.75) is 26.2 Å². The van der Waals surface area contributed by atoms with Crippen molar-refractivity contribution in [1.29, 1.82) is 0 Å². The van der Waals surface area contributed by atoms with E-state index in [0.717, 1.165) is 0 Å². The Labute approximate surface area is 317 Å². The normalized spacial score (nSPS) is 12.4. The Morgan fingerprint density at radius 1 is 0.278 bits per heavy atom. The quantitative estimate of drug-likeness (QED) is 0.173. The molecule has 0 aromatic heterocycles. The standard InChI is InChI=1S/C54H38/c1-54(2,3)44-32-43-48-42(50-45(35-22-12-6-13-23-35)39-26-16-17-27-40(39)46(52(43)50)36-24-14-7-15-25-36)31-30-41-47-37(33-18-8-4-9-19-33)28-29-38(34-20-10-5-11-21-34)49(47)53(44)51(41)48/h4-32H,1-3H3. The fourth-order valence-electron chi connectivity index (χ4n) is 9.68. The maximum Gasteiger partial charge on any atom is -0.000730 e. The smallest absolute Gasteiger partial charge is 0.000730 e. The molecule has 0 heterocycles. The third-order valence-electron chi connectivity index (χ3n) is 11.9. The first-order valence-electron chi connectivity index (χ1n) is 19.1. The van der Waals surface area contributed by atoms with E-state index in [0.29, 0.717) is 0 Å². The summed E-state index contributed by atoms with van der Waals surface area (Å²) in [6, 6.07) is 65.4. The van der Waals surface area contributed by atoms with Gasteiger partial charge in [-0.1, -0.05) is 191 Å². The van der Waals surface area contributed by atoms with Gasteiger partial charge in [-0.2, -0.15) is 0 Å². The topological polar surface area (TPSA) is 0 Å². The zero-order chi connectivity index (χ0) is 36.1. The number of rotatable bonds is 4. The van der Waals surface area contributed by atoms with Crippen molar-refractivity contribution in [3.05, 3.63) is 181 Å². The zero-order valence-corrected chi connectivity index (χ0v) is 30.7. The molecule has 0 spiro atoms. The second-order valence-electron chi connectivity index (χ2n) is 15.9. The Kier molecular flexibility index (Phi) is 6.61. The molecule has 54 heavy (non-hydrogen) atoms. The minimum absolute atomic E-state index is 0.125. The summed E-state index contributed by atoms with van der Waals surface area (Å²) >= 11 is 0. The molecule has 254 valence electrons. The molecule has 0 unspecified atom stereocenters. The molecular formula is C54H38. The fraction of sp³-hybridized carbons (Fsp3) is 0.0741. The fourth-order valence-corrected chi connectivity index (χ4v) is 9.68. The number of hydrogen-bond donors (Lipinski definition) is 0. The zero-order valence-electron chi connectivity index (χ0n) is 30.7. The van der Waals surface area contributed by atoms with Crippen LogP contribution in [0.4, 0.5) is 0 Å². The highest BCUT2D eigenvalue weighted by molar-refractivity contribution is 6.34. The largest absolute Gasteiger partial charge is 0.0622 e. The van der Waals surface area contributed by atoms with E-state index < -0.39 is 0 Å². The van der Waals surface area contributed by atoms with Crippen molar-refractivity contribution in [2.75, 3.05) is 0 Å². The predicted molar refractivity (Wildman–Crippen MR) is 231 cm³/mol. The average Bonchev–Trinajstić information content (AvgIpc) is 3.73. The van der Waals surface area contributed by atoms with Crippen LogP contribution in [-0.4, -0.2) is 0 Å². The third kappa shape index (κ3) is 4.32. The Hall–Kier alpha value is -6.50. The molecule has 9 aromatic rings. The summed E-state index contributed by atoms with van der Waals surface area (Å²) in [7, 11) is 0. The molecule has 9 aromatic carbocycles. The van der Waals surface area contributed by atoms with Crippen LogP contribution in [0.25, 0.3) is 111 Å². The highest BCUT2D eigenvalue weighted by Crippen LogP contribution is 2.64. The van der Waals surface area contributed by atoms with E-state index in [4.69, 9.17) is 0 Å². The van der Waals surface area contributed by atoms with Gasteiger partial charge in [-0.25, -0.2) is 0 Å². The molecule has 2 aliphatic rings. The van der Waals surface area contributed by atoms with Gasteiger partial charge < -0.3 is 0 Å². The van der Waals surface area contributed by atoms with Crippen molar-refractivity contribution < 1.29 is 0 Å². The van der Waals surface area contributed by atoms with Crippen LogP contribution < -0.4 is 0 Å². The van der Waals surface area contributed by atoms with Gasteiger partial charge in [-0.05, 0) is 128 Å². The van der Waals surface area contributed by atoms with Crippen molar-refractivity contribution in [2.24, 2.45) is 0 Å². The second kappa shape index (κ2) is 11.5. The van der Waals surface area contributed by atoms with Gasteiger partial charge >= 0.3 is 0 Å². The van der Waals surface area contributed by atoms with Crippen LogP contribution in [0.15, 0.2) is 176 Å². The van der Waals surface area contributed by atoms with E-state index in [2.05, 4.69) is 197 Å². The molecule has 2 aliphatic carbocycles. The van der Waals surface area contributed by atoms with Gasteiger partial charge in [-0.3, -0.25) is 0 Å². The van der Waals surface area contributed by atoms with E-state index in [1.165, 1.54) is 116 Å². The molecule has 0 fully saturated rings. The Balaban J connectivity index is 1.36. The van der Waals surface area contributed by atoms with Crippen molar-refractivity contribution in [1.82, 2.24) is 0 Å². The summed E-state index contributed by atoms with van der Waals surface area (Å²) in [5.41, 5.74) is 22.3. The molecule has 0 saturated heterocycles. The number of benzene rings is 9. The summed E-state index contributed by atoms with van der Waals surface area (Å²) < 4.78 is 0. The van der Waals surface area contributed by atoms with E-state index in [9.17, 15) is 0 Å². The van der Waals surface area contributed by atoms with E-state index in [1.807, 2.05) is 0 Å². The van der Waals surface area contributed by atoms with Crippen molar-refractivity contribution >= 4 is 21.5 Å². The van der Waals surface area contributed by atoms with E-state index in [-0.39, 0.29) is 5.41 Å². The molecule has 0 aliphatic heterocycles. The summed E-state index contributed by atoms with van der Waals surface area (Å²) in [4.78, 5) is 0. The van der Waals surface area contributed by atoms with Gasteiger partial charge in [0.15, 0.2) is 0 Å². The lowest BCUT2D eigenvalue weighted by atomic mass is 9.77. The summed E-state index contributed by atoms with van der Waals surface area (Å²) in [6.07, 6.45) is 0. The van der Waals surface area contributed by atoms with Crippen LogP contribution in [0.1, 0.15) is 26.3 Å². The molecule has 0 N–H and O–H groups in total. The van der Waals surface area contributed by atoms with Gasteiger partial charge in [0.25, 0.3) is 0 Å². The van der Waals surface area contributed by atoms with Crippen LogP contribution >= 0.6 is 0 Å². The van der Waals surface area contributed by atoms with Crippen LogP contribution in [0.2, 0.25) is 0 Å². The van der Waals surface area contributed by atoms with Gasteiger partial charge in [0.2, 0.25) is 0 Å². The third-order valence-corrected chi connectivity index (χ3v) is 11.9. The second-order valence-corrected chi connectivity index (χ2v) is 15.9. The van der Waals surface area contributed by atoms with Crippen LogP contribution in [0.3, 0.4) is 0 Å². The molecule has 0 atom stereocenters. The van der Waals surface area contributed by atoms with Gasteiger partial charge in [0.1, 0.15) is 0 Å². The Morgan fingerprint density at radius 2 is 0.667 bits per heavy atom. The summed E-state index contributed by atoms with van der Waals surface area (Å²) in [5, 5.41) is 5.35. The maximum absolute atomic E-state index is 2.59. The first-order valence-corrected chi connectivity index (χ1v) is 19.1. The first kappa shape index (κ1) is 31.1. The monoisotopic (exact) mass is 686 g/mol. The Morgan fingerprint density at radius 3 is 1.15 bits per heavy atom. The molecule has 0 heteroatoms. The number of hydrogen-bond acceptors (Lipinski definition) is 0. The highest BCUT2D eigenvalue weighted by atomic mass is 14.4. The predicted octanol–water partition coefficient (Wildman–Crippen LogP) is 15.3. The van der Waals surface area contributed by atoms with Crippen molar-refractivity contribution in [3.8, 4) is 89.0 Å². The van der Waals surface area contributed by atoms with Crippen molar-refractivity contribution in [3.63, 3.8) is 0 Å². The van der Waals surface area contributed by atoms with Gasteiger partial charge in [-0.15, -0.1) is 0 Å². The number of fused-ring (bicyclic) bond motifs is 7. The lowest BCUT2D eigenvalue weighted by molar-refractivity contribution is 0.593. The molecule has 0 nitrogen and oxygen atoms in total. The van der Waals surface area contributed by atoms with Gasteiger partial charge in [0.05, 0.1) is 0 Å². The average molecular weight is 687 g/mol. The SMILES string of the molecule is CC(C)(C)c1cc2c3c(ccc4c3c1-c1c(-c3ccccc3)ccc(-c3ccccc3)c1-4)-c1c-2c(-c2ccccc2)c2ccccc2c1-c1ccccc1. The molecule has 0 radical (unpaired) electrons. The molecule has 11 rings (SSSR count). The summed E-state index contributed by atoms with van der Waals surface area (Å²) in [5.74, 6) is 0. The lowest BCUT2D eigenvalue weighted by Gasteiger charge is -2.26. The molecule has 0 amide bonds. The summed E-state index contributed by atoms with van der Waals surface area (Å²) in [6.45, 7) is 7.18. The molecular weight excluding hydrogens is 649 g/mol. The highest BCUT2D eigenvalue weighted by Gasteiger charge is 2.39. The van der Waals surface area contributed by atoms with Crippen LogP contribution in [0, 0.1) is 0 Å². The van der Waals surface area contributed by atoms with E-state index in [1.54, 1.807) is 0 Å².